The number of rotatable bonds is 4. The number of carbonyl (C=O) groups is 1. The van der Waals surface area contributed by atoms with Crippen LogP contribution in [0, 0.1) is 5.92 Å². The smallest absolute Gasteiger partial charge is 0.416 e. The van der Waals surface area contributed by atoms with Crippen LogP contribution in [0.4, 0.5) is 13.2 Å². The van der Waals surface area contributed by atoms with Gasteiger partial charge in [-0.2, -0.15) is 13.2 Å². The topological polar surface area (TPSA) is 83.5 Å². The SMILES string of the molecule is CC(C)CO.N[C@H](Cc1ccccc1C(F)(F)F)C(=O)O. The molecular formula is C14H20F3NO3. The van der Waals surface area contributed by atoms with E-state index in [-0.39, 0.29) is 12.0 Å². The van der Waals surface area contributed by atoms with Crippen LogP contribution in [0.1, 0.15) is 25.0 Å². The molecule has 1 atom stereocenters. The number of aliphatic hydroxyl groups excluding tert-OH is 1. The zero-order chi connectivity index (χ0) is 16.6. The molecule has 1 rings (SSSR count). The van der Waals surface area contributed by atoms with Gasteiger partial charge in [0.15, 0.2) is 0 Å². The Morgan fingerprint density at radius 3 is 2.14 bits per heavy atom. The molecule has 1 aromatic rings. The van der Waals surface area contributed by atoms with Crippen LogP contribution in [0.5, 0.6) is 0 Å². The van der Waals surface area contributed by atoms with E-state index >= 15 is 0 Å². The zero-order valence-electron chi connectivity index (χ0n) is 11.9. The van der Waals surface area contributed by atoms with Gasteiger partial charge in [-0.25, -0.2) is 0 Å². The molecule has 0 heterocycles. The molecule has 0 spiro atoms. The number of hydrogen-bond donors (Lipinski definition) is 3. The highest BCUT2D eigenvalue weighted by Crippen LogP contribution is 2.32. The summed E-state index contributed by atoms with van der Waals surface area (Å²) in [4.78, 5) is 10.5. The van der Waals surface area contributed by atoms with Crippen LogP contribution in [0.15, 0.2) is 24.3 Å². The first-order valence-electron chi connectivity index (χ1n) is 6.34. The summed E-state index contributed by atoms with van der Waals surface area (Å²) < 4.78 is 37.5. The number of aliphatic carboxylic acids is 1. The number of aliphatic hydroxyl groups is 1. The van der Waals surface area contributed by atoms with Crippen molar-refractivity contribution in [3.05, 3.63) is 35.4 Å². The Hall–Kier alpha value is -1.60. The molecule has 0 aromatic heterocycles. The maximum Gasteiger partial charge on any atom is 0.416 e. The highest BCUT2D eigenvalue weighted by molar-refractivity contribution is 5.73. The van der Waals surface area contributed by atoms with Gasteiger partial charge in [-0.1, -0.05) is 32.0 Å². The third-order valence-corrected chi connectivity index (χ3v) is 2.44. The molecule has 0 amide bonds. The third kappa shape index (κ3) is 7.67. The van der Waals surface area contributed by atoms with Crippen LogP contribution >= 0.6 is 0 Å². The molecule has 1 aromatic carbocycles. The molecule has 0 aliphatic carbocycles. The van der Waals surface area contributed by atoms with Crippen molar-refractivity contribution >= 4 is 5.97 Å². The van der Waals surface area contributed by atoms with Crippen molar-refractivity contribution in [2.45, 2.75) is 32.5 Å². The molecule has 0 saturated carbocycles. The molecule has 4 nitrogen and oxygen atoms in total. The fraction of sp³-hybridized carbons (Fsp3) is 0.500. The molecule has 120 valence electrons. The van der Waals surface area contributed by atoms with Crippen LogP contribution < -0.4 is 5.73 Å². The van der Waals surface area contributed by atoms with Gasteiger partial charge >= 0.3 is 12.1 Å². The predicted molar refractivity (Wildman–Crippen MR) is 72.7 cm³/mol. The molecule has 0 unspecified atom stereocenters. The first-order valence-corrected chi connectivity index (χ1v) is 6.34. The van der Waals surface area contributed by atoms with E-state index in [0.29, 0.717) is 12.5 Å². The maximum absolute atomic E-state index is 12.5. The van der Waals surface area contributed by atoms with Gasteiger partial charge in [-0.05, 0) is 24.0 Å². The molecule has 0 aliphatic rings. The first kappa shape index (κ1) is 19.4. The predicted octanol–water partition coefficient (Wildman–Crippen LogP) is 2.29. The highest BCUT2D eigenvalue weighted by Gasteiger charge is 2.33. The Morgan fingerprint density at radius 2 is 1.76 bits per heavy atom. The summed E-state index contributed by atoms with van der Waals surface area (Å²) in [7, 11) is 0. The summed E-state index contributed by atoms with van der Waals surface area (Å²) in [6, 6.07) is 3.47. The van der Waals surface area contributed by atoms with E-state index in [9.17, 15) is 18.0 Å². The van der Waals surface area contributed by atoms with Crippen molar-refractivity contribution in [2.24, 2.45) is 11.7 Å². The molecule has 0 bridgehead atoms. The molecule has 0 radical (unpaired) electrons. The van der Waals surface area contributed by atoms with Gasteiger partial charge in [0.1, 0.15) is 6.04 Å². The fourth-order valence-electron chi connectivity index (χ4n) is 1.30. The minimum atomic E-state index is -4.49. The molecule has 7 heteroatoms. The van der Waals surface area contributed by atoms with Gasteiger partial charge in [0, 0.05) is 6.61 Å². The van der Waals surface area contributed by atoms with E-state index in [1.54, 1.807) is 0 Å². The Kier molecular flexibility index (Phi) is 7.98. The van der Waals surface area contributed by atoms with Crippen LogP contribution in [0.2, 0.25) is 0 Å². The molecular weight excluding hydrogens is 287 g/mol. The minimum absolute atomic E-state index is 0.107. The van der Waals surface area contributed by atoms with Gasteiger partial charge in [0.2, 0.25) is 0 Å². The van der Waals surface area contributed by atoms with Crippen molar-refractivity contribution in [3.8, 4) is 0 Å². The van der Waals surface area contributed by atoms with E-state index in [1.165, 1.54) is 18.2 Å². The second kappa shape index (κ2) is 8.63. The summed E-state index contributed by atoms with van der Waals surface area (Å²) in [6.45, 7) is 4.25. The average Bonchev–Trinajstić information content (AvgIpc) is 2.38. The monoisotopic (exact) mass is 307 g/mol. The maximum atomic E-state index is 12.5. The largest absolute Gasteiger partial charge is 0.480 e. The number of halogens is 3. The van der Waals surface area contributed by atoms with Gasteiger partial charge < -0.3 is 15.9 Å². The number of benzene rings is 1. The van der Waals surface area contributed by atoms with E-state index in [4.69, 9.17) is 15.9 Å². The van der Waals surface area contributed by atoms with Crippen molar-refractivity contribution in [2.75, 3.05) is 6.61 Å². The highest BCUT2D eigenvalue weighted by atomic mass is 19.4. The summed E-state index contributed by atoms with van der Waals surface area (Å²) in [5, 5.41) is 16.7. The lowest BCUT2D eigenvalue weighted by molar-refractivity contribution is -0.140. The molecule has 0 saturated heterocycles. The lowest BCUT2D eigenvalue weighted by Crippen LogP contribution is -2.33. The molecule has 4 N–H and O–H groups in total. The number of nitrogens with two attached hydrogens (primary N) is 1. The van der Waals surface area contributed by atoms with Gasteiger partial charge in [-0.15, -0.1) is 0 Å². The van der Waals surface area contributed by atoms with Gasteiger partial charge in [0.05, 0.1) is 5.56 Å². The number of hydrogen-bond acceptors (Lipinski definition) is 3. The second-order valence-electron chi connectivity index (χ2n) is 4.88. The van der Waals surface area contributed by atoms with Crippen LogP contribution in [-0.2, 0) is 17.4 Å². The van der Waals surface area contributed by atoms with Gasteiger partial charge in [0.25, 0.3) is 0 Å². The first-order chi connectivity index (χ1) is 9.59. The van der Waals surface area contributed by atoms with Gasteiger partial charge in [-0.3, -0.25) is 4.79 Å². The standard InChI is InChI=1S/C10H10F3NO2.C4H10O/c11-10(12,13)7-4-2-1-3-6(7)5-8(14)9(15)16;1-4(2)3-5/h1-4,8H,5,14H2,(H,15,16);4-5H,3H2,1-2H3/t8-;/m1./s1. The molecule has 0 fully saturated rings. The average molecular weight is 307 g/mol. The summed E-state index contributed by atoms with van der Waals surface area (Å²) in [5.41, 5.74) is 4.25. The Morgan fingerprint density at radius 1 is 1.29 bits per heavy atom. The number of carboxylic acids is 1. The lowest BCUT2D eigenvalue weighted by atomic mass is 10.0. The van der Waals surface area contributed by atoms with Crippen molar-refractivity contribution in [1.29, 1.82) is 0 Å². The summed E-state index contributed by atoms with van der Waals surface area (Å²) in [5.74, 6) is -0.882. The Bertz CT molecular complexity index is 447. The van der Waals surface area contributed by atoms with E-state index < -0.39 is 23.8 Å². The summed E-state index contributed by atoms with van der Waals surface area (Å²) >= 11 is 0. The molecule has 0 aliphatic heterocycles. The van der Waals surface area contributed by atoms with E-state index in [0.717, 1.165) is 6.07 Å². The van der Waals surface area contributed by atoms with Crippen LogP contribution in [0.3, 0.4) is 0 Å². The van der Waals surface area contributed by atoms with E-state index in [1.807, 2.05) is 13.8 Å². The van der Waals surface area contributed by atoms with Crippen LogP contribution in [-0.4, -0.2) is 28.8 Å². The summed E-state index contributed by atoms with van der Waals surface area (Å²) in [6.07, 6.45) is -4.83. The molecule has 21 heavy (non-hydrogen) atoms. The second-order valence-corrected chi connectivity index (χ2v) is 4.88. The normalized spacial score (nSPS) is 12.6. The quantitative estimate of drug-likeness (QED) is 0.797. The minimum Gasteiger partial charge on any atom is -0.480 e. The Balaban J connectivity index is 0.000000690. The lowest BCUT2D eigenvalue weighted by Gasteiger charge is -2.14. The fourth-order valence-corrected chi connectivity index (χ4v) is 1.30. The van der Waals surface area contributed by atoms with Crippen molar-refractivity contribution in [3.63, 3.8) is 0 Å². The zero-order valence-corrected chi connectivity index (χ0v) is 11.9. The number of alkyl halides is 3. The Labute approximate surface area is 121 Å². The van der Waals surface area contributed by atoms with Crippen molar-refractivity contribution < 1.29 is 28.2 Å². The number of carboxylic acid groups (broad SMARTS) is 1. The van der Waals surface area contributed by atoms with Crippen LogP contribution in [0.25, 0.3) is 0 Å². The third-order valence-electron chi connectivity index (χ3n) is 2.44. The van der Waals surface area contributed by atoms with E-state index in [2.05, 4.69) is 0 Å². The van der Waals surface area contributed by atoms with Crippen molar-refractivity contribution in [1.82, 2.24) is 0 Å².